The Hall–Kier alpha value is -3.08. The highest BCUT2D eigenvalue weighted by Crippen LogP contribution is 2.33. The number of aryl methyl sites for hydroxylation is 1. The summed E-state index contributed by atoms with van der Waals surface area (Å²) in [6.07, 6.45) is 0. The molecule has 2 amide bonds. The van der Waals surface area contributed by atoms with Crippen LogP contribution in [0, 0.1) is 6.92 Å². The molecular weight excluding hydrogens is 419 g/mol. The number of benzene rings is 3. The van der Waals surface area contributed by atoms with Crippen LogP contribution in [0.4, 0.5) is 5.69 Å². The summed E-state index contributed by atoms with van der Waals surface area (Å²) in [4.78, 5) is 27.8. The summed E-state index contributed by atoms with van der Waals surface area (Å²) < 4.78 is 0. The van der Waals surface area contributed by atoms with E-state index >= 15 is 0 Å². The molecule has 0 radical (unpaired) electrons. The number of anilines is 1. The molecule has 0 unspecified atom stereocenters. The van der Waals surface area contributed by atoms with E-state index in [0.717, 1.165) is 11.1 Å². The average molecular weight is 437 g/mol. The first kappa shape index (κ1) is 20.2. The highest BCUT2D eigenvalue weighted by Gasteiger charge is 2.39. The Labute approximate surface area is 184 Å². The lowest BCUT2D eigenvalue weighted by Gasteiger charge is -2.16. The molecule has 1 heterocycles. The standard InChI is InChI=1S/C24H18Cl2N2O2/c1-15-7-10-19(26)13-20(15)27-22-21(17-5-3-2-4-6-17)23(29)28(24(22)30)14-16-8-11-18(25)12-9-16/h2-13,27H,14H2,1H3. The van der Waals surface area contributed by atoms with Gasteiger partial charge in [0.2, 0.25) is 0 Å². The quantitative estimate of drug-likeness (QED) is 0.522. The van der Waals surface area contributed by atoms with Crippen molar-refractivity contribution in [3.8, 4) is 0 Å². The Kier molecular flexibility index (Phi) is 5.62. The molecule has 4 nitrogen and oxygen atoms in total. The van der Waals surface area contributed by atoms with Gasteiger partial charge in [0.25, 0.3) is 11.8 Å². The van der Waals surface area contributed by atoms with Gasteiger partial charge in [-0.25, -0.2) is 0 Å². The molecule has 30 heavy (non-hydrogen) atoms. The maximum atomic E-state index is 13.3. The highest BCUT2D eigenvalue weighted by atomic mass is 35.5. The smallest absolute Gasteiger partial charge is 0.278 e. The Morgan fingerprint density at radius 3 is 2.20 bits per heavy atom. The minimum absolute atomic E-state index is 0.158. The molecule has 0 saturated heterocycles. The monoisotopic (exact) mass is 436 g/mol. The number of hydrogen-bond acceptors (Lipinski definition) is 3. The van der Waals surface area contributed by atoms with Gasteiger partial charge in [-0.05, 0) is 47.9 Å². The Balaban J connectivity index is 1.75. The first-order chi connectivity index (χ1) is 14.4. The fraction of sp³-hybridized carbons (Fsp3) is 0.0833. The van der Waals surface area contributed by atoms with Crippen LogP contribution in [0.1, 0.15) is 16.7 Å². The molecule has 0 aliphatic carbocycles. The van der Waals surface area contributed by atoms with Gasteiger partial charge in [0, 0.05) is 15.7 Å². The van der Waals surface area contributed by atoms with E-state index in [0.29, 0.717) is 26.9 Å². The predicted molar refractivity (Wildman–Crippen MR) is 120 cm³/mol. The van der Waals surface area contributed by atoms with Gasteiger partial charge in [0.15, 0.2) is 0 Å². The number of carbonyl (C=O) groups excluding carboxylic acids is 2. The summed E-state index contributed by atoms with van der Waals surface area (Å²) in [6, 6.07) is 21.6. The van der Waals surface area contributed by atoms with E-state index in [4.69, 9.17) is 23.2 Å². The van der Waals surface area contributed by atoms with Crippen molar-refractivity contribution in [1.29, 1.82) is 0 Å². The number of amides is 2. The van der Waals surface area contributed by atoms with Crippen molar-refractivity contribution >= 4 is 46.3 Å². The van der Waals surface area contributed by atoms with Gasteiger partial charge in [0.05, 0.1) is 12.1 Å². The Bertz CT molecular complexity index is 1160. The topological polar surface area (TPSA) is 49.4 Å². The number of hydrogen-bond donors (Lipinski definition) is 1. The average Bonchev–Trinajstić information content (AvgIpc) is 2.97. The van der Waals surface area contributed by atoms with Gasteiger partial charge in [-0.3, -0.25) is 14.5 Å². The molecule has 4 rings (SSSR count). The van der Waals surface area contributed by atoms with Crippen LogP contribution in [0.25, 0.3) is 5.57 Å². The van der Waals surface area contributed by atoms with Gasteiger partial charge in [0.1, 0.15) is 5.70 Å². The maximum absolute atomic E-state index is 13.3. The zero-order valence-electron chi connectivity index (χ0n) is 16.2. The normalized spacial score (nSPS) is 13.9. The van der Waals surface area contributed by atoms with Crippen LogP contribution >= 0.6 is 23.2 Å². The zero-order chi connectivity index (χ0) is 21.3. The lowest BCUT2D eigenvalue weighted by molar-refractivity contribution is -0.137. The Morgan fingerprint density at radius 1 is 0.833 bits per heavy atom. The van der Waals surface area contributed by atoms with Crippen LogP contribution < -0.4 is 5.32 Å². The van der Waals surface area contributed by atoms with E-state index < -0.39 is 0 Å². The summed E-state index contributed by atoms with van der Waals surface area (Å²) in [5, 5.41) is 4.30. The van der Waals surface area contributed by atoms with Gasteiger partial charge in [-0.15, -0.1) is 0 Å². The third-order valence-corrected chi connectivity index (χ3v) is 5.43. The third kappa shape index (κ3) is 3.97. The van der Waals surface area contributed by atoms with Crippen molar-refractivity contribution < 1.29 is 9.59 Å². The van der Waals surface area contributed by atoms with Crippen molar-refractivity contribution in [2.24, 2.45) is 0 Å². The first-order valence-electron chi connectivity index (χ1n) is 9.37. The van der Waals surface area contributed by atoms with Gasteiger partial charge in [-0.2, -0.15) is 0 Å². The second-order valence-corrected chi connectivity index (χ2v) is 7.90. The summed E-state index contributed by atoms with van der Waals surface area (Å²) in [6.45, 7) is 2.07. The second kappa shape index (κ2) is 8.34. The van der Waals surface area contributed by atoms with Crippen LogP contribution in [0.3, 0.4) is 0 Å². The minimum Gasteiger partial charge on any atom is -0.350 e. The molecule has 0 atom stereocenters. The zero-order valence-corrected chi connectivity index (χ0v) is 17.7. The summed E-state index contributed by atoms with van der Waals surface area (Å²) in [5.74, 6) is -0.725. The van der Waals surface area contributed by atoms with Crippen LogP contribution in [-0.2, 0) is 16.1 Å². The lowest BCUT2D eigenvalue weighted by Crippen LogP contribution is -2.32. The van der Waals surface area contributed by atoms with Crippen molar-refractivity contribution in [3.05, 3.63) is 105 Å². The van der Waals surface area contributed by atoms with Gasteiger partial charge in [-0.1, -0.05) is 71.7 Å². The van der Waals surface area contributed by atoms with Crippen LogP contribution in [0.5, 0.6) is 0 Å². The van der Waals surface area contributed by atoms with E-state index in [-0.39, 0.29) is 24.1 Å². The van der Waals surface area contributed by atoms with Gasteiger partial charge < -0.3 is 5.32 Å². The molecule has 1 N–H and O–H groups in total. The SMILES string of the molecule is Cc1ccc(Cl)cc1NC1=C(c2ccccc2)C(=O)N(Cc2ccc(Cl)cc2)C1=O. The second-order valence-electron chi connectivity index (χ2n) is 7.02. The summed E-state index contributed by atoms with van der Waals surface area (Å²) in [7, 11) is 0. The van der Waals surface area contributed by atoms with Crippen LogP contribution in [0.2, 0.25) is 10.0 Å². The van der Waals surface area contributed by atoms with Crippen molar-refractivity contribution in [1.82, 2.24) is 4.90 Å². The molecule has 3 aromatic carbocycles. The predicted octanol–water partition coefficient (Wildman–Crippen LogP) is 5.69. The van der Waals surface area contributed by atoms with Gasteiger partial charge >= 0.3 is 0 Å². The van der Waals surface area contributed by atoms with E-state index in [1.54, 1.807) is 36.4 Å². The molecule has 0 spiro atoms. The molecule has 0 aromatic heterocycles. The third-order valence-electron chi connectivity index (χ3n) is 4.94. The Morgan fingerprint density at radius 2 is 1.50 bits per heavy atom. The van der Waals surface area contributed by atoms with Crippen molar-refractivity contribution in [3.63, 3.8) is 0 Å². The van der Waals surface area contributed by atoms with Crippen LogP contribution in [-0.4, -0.2) is 16.7 Å². The molecule has 3 aromatic rings. The fourth-order valence-electron chi connectivity index (χ4n) is 3.34. The maximum Gasteiger partial charge on any atom is 0.278 e. The van der Waals surface area contributed by atoms with E-state index in [9.17, 15) is 9.59 Å². The minimum atomic E-state index is -0.381. The largest absolute Gasteiger partial charge is 0.350 e. The molecule has 1 aliphatic heterocycles. The van der Waals surface area contributed by atoms with E-state index in [1.807, 2.05) is 43.3 Å². The molecule has 0 fully saturated rings. The number of nitrogens with zero attached hydrogens (tertiary/aromatic N) is 1. The molecule has 150 valence electrons. The highest BCUT2D eigenvalue weighted by molar-refractivity contribution is 6.36. The van der Waals surface area contributed by atoms with Crippen molar-refractivity contribution in [2.75, 3.05) is 5.32 Å². The van der Waals surface area contributed by atoms with E-state index in [1.165, 1.54) is 4.90 Å². The molecule has 0 bridgehead atoms. The fourth-order valence-corrected chi connectivity index (χ4v) is 3.64. The number of halogens is 2. The summed E-state index contributed by atoms with van der Waals surface area (Å²) >= 11 is 12.1. The molecule has 1 aliphatic rings. The number of carbonyl (C=O) groups is 2. The van der Waals surface area contributed by atoms with Crippen LogP contribution in [0.15, 0.2) is 78.5 Å². The lowest BCUT2D eigenvalue weighted by atomic mass is 10.0. The summed E-state index contributed by atoms with van der Waals surface area (Å²) in [5.41, 5.74) is 3.67. The molecule has 0 saturated carbocycles. The number of nitrogens with one attached hydrogen (secondary N) is 1. The molecule has 6 heteroatoms. The number of imide groups is 1. The number of rotatable bonds is 5. The van der Waals surface area contributed by atoms with Crippen molar-refractivity contribution in [2.45, 2.75) is 13.5 Å². The first-order valence-corrected chi connectivity index (χ1v) is 10.1. The molecular formula is C24H18Cl2N2O2. The van der Waals surface area contributed by atoms with E-state index in [2.05, 4.69) is 5.32 Å².